The second-order valence-electron chi connectivity index (χ2n) is 9.08. The molecule has 4 rings (SSSR count). The molecule has 130 valence electrons. The van der Waals surface area contributed by atoms with Crippen molar-refractivity contribution >= 4 is 11.6 Å². The summed E-state index contributed by atoms with van der Waals surface area (Å²) in [5, 5.41) is 10.9. The van der Waals surface area contributed by atoms with Gasteiger partial charge in [0, 0.05) is 18.3 Å². The number of carbonyl (C=O) groups excluding carboxylic acids is 2. The van der Waals surface area contributed by atoms with Gasteiger partial charge in [-0.25, -0.2) is 0 Å². The number of ketones is 2. The van der Waals surface area contributed by atoms with Crippen LogP contribution in [0.15, 0.2) is 23.5 Å². The fourth-order valence-electron chi connectivity index (χ4n) is 6.73. The van der Waals surface area contributed by atoms with Crippen molar-refractivity contribution in [3.05, 3.63) is 23.5 Å². The number of carbonyl (C=O) groups is 2. The summed E-state index contributed by atoms with van der Waals surface area (Å²) in [5.41, 5.74) is 1.05. The first-order chi connectivity index (χ1) is 11.3. The van der Waals surface area contributed by atoms with E-state index in [9.17, 15) is 14.7 Å². The van der Waals surface area contributed by atoms with E-state index in [0.29, 0.717) is 29.8 Å². The molecule has 0 unspecified atom stereocenters. The molecule has 0 aliphatic heterocycles. The molecule has 4 aliphatic carbocycles. The number of rotatable bonds is 1. The molecule has 0 amide bonds. The van der Waals surface area contributed by atoms with Gasteiger partial charge in [-0.1, -0.05) is 13.8 Å². The average molecular weight is 328 g/mol. The minimum atomic E-state index is 0.000443. The van der Waals surface area contributed by atoms with Crippen molar-refractivity contribution in [2.24, 2.45) is 34.5 Å². The van der Waals surface area contributed by atoms with Crippen LogP contribution in [0.4, 0.5) is 0 Å². The van der Waals surface area contributed by atoms with E-state index in [1.54, 1.807) is 13.0 Å². The summed E-state index contributed by atoms with van der Waals surface area (Å²) in [6, 6.07) is 0. The van der Waals surface area contributed by atoms with Crippen LogP contribution < -0.4 is 0 Å². The molecular weight excluding hydrogens is 300 g/mol. The third kappa shape index (κ3) is 1.96. The van der Waals surface area contributed by atoms with Crippen LogP contribution in [0, 0.1) is 34.5 Å². The molecule has 3 heteroatoms. The van der Waals surface area contributed by atoms with Crippen molar-refractivity contribution in [3.63, 3.8) is 0 Å². The van der Waals surface area contributed by atoms with E-state index in [4.69, 9.17) is 0 Å². The largest absolute Gasteiger partial charge is 0.512 e. The summed E-state index contributed by atoms with van der Waals surface area (Å²) in [6.07, 6.45) is 9.26. The van der Waals surface area contributed by atoms with Gasteiger partial charge >= 0.3 is 0 Å². The van der Waals surface area contributed by atoms with Gasteiger partial charge in [-0.3, -0.25) is 9.59 Å². The Morgan fingerprint density at radius 1 is 1.12 bits per heavy atom. The van der Waals surface area contributed by atoms with Crippen LogP contribution in [0.3, 0.4) is 0 Å². The molecule has 0 aromatic heterocycles. The van der Waals surface area contributed by atoms with E-state index in [2.05, 4.69) is 13.8 Å². The maximum absolute atomic E-state index is 12.2. The Balaban J connectivity index is 1.78. The van der Waals surface area contributed by atoms with Crippen molar-refractivity contribution in [1.82, 2.24) is 0 Å². The zero-order valence-corrected chi connectivity index (χ0v) is 15.0. The van der Waals surface area contributed by atoms with Crippen molar-refractivity contribution in [3.8, 4) is 0 Å². The summed E-state index contributed by atoms with van der Waals surface area (Å²) in [4.78, 5) is 24.0. The van der Waals surface area contributed by atoms with Crippen molar-refractivity contribution in [2.75, 3.05) is 0 Å². The van der Waals surface area contributed by atoms with Crippen LogP contribution in [0.2, 0.25) is 0 Å². The van der Waals surface area contributed by atoms with Gasteiger partial charge in [-0.15, -0.1) is 0 Å². The number of Topliss-reactive ketones (excluding diaryl/α,β-unsaturated/α-hetero) is 1. The Labute approximate surface area is 144 Å². The molecule has 4 aliphatic rings. The summed E-state index contributed by atoms with van der Waals surface area (Å²) in [7, 11) is 0. The standard InChI is InChI=1S/C21H28O3/c1-12(22)15-4-5-16-19-17(7-9-21(15,16)3)20(2)8-6-14(23)10-13(20)11-18(19)24/h10-11,15-17,19,24H,4-9H2,1-3H3/t15-,16+,17+,19+,20+,21-/m1/s1. The predicted octanol–water partition coefficient (Wildman–Crippen LogP) is 4.39. The zero-order chi connectivity index (χ0) is 17.3. The SMILES string of the molecule is CC(=O)[C@H]1CC[C@H]2[C@@H]3C(O)=CC4=CC(=O)CC[C@]4(C)[C@H]3CC[C@]12C. The van der Waals surface area contributed by atoms with Crippen molar-refractivity contribution in [1.29, 1.82) is 0 Å². The van der Waals surface area contributed by atoms with E-state index in [1.807, 2.05) is 6.08 Å². The van der Waals surface area contributed by atoms with Gasteiger partial charge in [0.2, 0.25) is 0 Å². The van der Waals surface area contributed by atoms with Crippen LogP contribution in [0.25, 0.3) is 0 Å². The van der Waals surface area contributed by atoms with Gasteiger partial charge in [-0.05, 0) is 79.4 Å². The smallest absolute Gasteiger partial charge is 0.156 e. The monoisotopic (exact) mass is 328 g/mol. The molecule has 0 heterocycles. The summed E-state index contributed by atoms with van der Waals surface area (Å²) >= 11 is 0. The highest BCUT2D eigenvalue weighted by Gasteiger charge is 2.60. The molecule has 0 aromatic rings. The molecular formula is C21H28O3. The molecule has 0 bridgehead atoms. The number of hydrogen-bond acceptors (Lipinski definition) is 3. The highest BCUT2D eigenvalue weighted by Crippen LogP contribution is 2.66. The fourth-order valence-corrected chi connectivity index (χ4v) is 6.73. The molecule has 2 fully saturated rings. The molecule has 6 atom stereocenters. The minimum Gasteiger partial charge on any atom is -0.512 e. The Kier molecular flexibility index (Phi) is 3.40. The Bertz CT molecular complexity index is 673. The van der Waals surface area contributed by atoms with Gasteiger partial charge in [0.1, 0.15) is 5.78 Å². The van der Waals surface area contributed by atoms with Crippen LogP contribution in [0.5, 0.6) is 0 Å². The molecule has 0 radical (unpaired) electrons. The topological polar surface area (TPSA) is 54.4 Å². The summed E-state index contributed by atoms with van der Waals surface area (Å²) in [6.45, 7) is 6.29. The van der Waals surface area contributed by atoms with Gasteiger partial charge in [0.25, 0.3) is 0 Å². The number of fused-ring (bicyclic) bond motifs is 5. The Morgan fingerprint density at radius 3 is 2.58 bits per heavy atom. The molecule has 24 heavy (non-hydrogen) atoms. The molecule has 0 spiro atoms. The third-order valence-corrected chi connectivity index (χ3v) is 8.09. The highest BCUT2D eigenvalue weighted by molar-refractivity contribution is 5.92. The normalized spacial score (nSPS) is 47.2. The summed E-state index contributed by atoms with van der Waals surface area (Å²) in [5.74, 6) is 2.04. The van der Waals surface area contributed by atoms with Gasteiger partial charge in [-0.2, -0.15) is 0 Å². The lowest BCUT2D eigenvalue weighted by Gasteiger charge is -2.56. The molecule has 0 saturated heterocycles. The molecule has 2 saturated carbocycles. The first kappa shape index (κ1) is 16.1. The van der Waals surface area contributed by atoms with Gasteiger partial charge in [0.05, 0.1) is 5.76 Å². The Morgan fingerprint density at radius 2 is 1.88 bits per heavy atom. The van der Waals surface area contributed by atoms with Crippen molar-refractivity contribution < 1.29 is 14.7 Å². The molecule has 3 nitrogen and oxygen atoms in total. The van der Waals surface area contributed by atoms with Crippen LogP contribution in [-0.4, -0.2) is 16.7 Å². The van der Waals surface area contributed by atoms with Crippen LogP contribution in [-0.2, 0) is 9.59 Å². The van der Waals surface area contributed by atoms with E-state index in [0.717, 1.165) is 37.7 Å². The minimum absolute atomic E-state index is 0.000443. The van der Waals surface area contributed by atoms with E-state index >= 15 is 0 Å². The highest BCUT2D eigenvalue weighted by atomic mass is 16.3. The second kappa shape index (κ2) is 5.06. The zero-order valence-electron chi connectivity index (χ0n) is 15.0. The van der Waals surface area contributed by atoms with Crippen LogP contribution in [0.1, 0.15) is 59.3 Å². The fraction of sp³-hybridized carbons (Fsp3) is 0.714. The van der Waals surface area contributed by atoms with E-state index < -0.39 is 0 Å². The van der Waals surface area contributed by atoms with Crippen LogP contribution >= 0.6 is 0 Å². The first-order valence-corrected chi connectivity index (χ1v) is 9.43. The Hall–Kier alpha value is -1.38. The van der Waals surface area contributed by atoms with Gasteiger partial charge in [0.15, 0.2) is 5.78 Å². The predicted molar refractivity (Wildman–Crippen MR) is 92.4 cm³/mol. The number of aliphatic hydroxyl groups is 1. The quantitative estimate of drug-likeness (QED) is 0.777. The summed E-state index contributed by atoms with van der Waals surface area (Å²) < 4.78 is 0. The maximum atomic E-state index is 12.2. The molecule has 0 aromatic carbocycles. The maximum Gasteiger partial charge on any atom is 0.156 e. The lowest BCUT2D eigenvalue weighted by Crippen LogP contribution is -2.51. The van der Waals surface area contributed by atoms with Gasteiger partial charge < -0.3 is 5.11 Å². The first-order valence-electron chi connectivity index (χ1n) is 9.43. The van der Waals surface area contributed by atoms with Crippen molar-refractivity contribution in [2.45, 2.75) is 59.3 Å². The van der Waals surface area contributed by atoms with E-state index in [1.165, 1.54) is 0 Å². The number of allylic oxidation sites excluding steroid dienone is 4. The van der Waals surface area contributed by atoms with E-state index in [-0.39, 0.29) is 28.4 Å². The average Bonchev–Trinajstić information content (AvgIpc) is 2.86. The molecule has 1 N–H and O–H groups in total. The lowest BCUT2D eigenvalue weighted by atomic mass is 9.48. The second-order valence-corrected chi connectivity index (χ2v) is 9.08. The third-order valence-electron chi connectivity index (χ3n) is 8.09. The number of hydrogen-bond donors (Lipinski definition) is 1. The lowest BCUT2D eigenvalue weighted by molar-refractivity contribution is -0.127. The number of aliphatic hydroxyl groups excluding tert-OH is 1.